The zero-order valence-electron chi connectivity index (χ0n) is 14.6. The number of hydrogen-bond acceptors (Lipinski definition) is 4. The predicted octanol–water partition coefficient (Wildman–Crippen LogP) is 3.31. The summed E-state index contributed by atoms with van der Waals surface area (Å²) in [5.74, 6) is 1.30. The second-order valence-corrected chi connectivity index (χ2v) is 5.31. The van der Waals surface area contributed by atoms with Gasteiger partial charge in [-0.15, -0.1) is 12.4 Å². The van der Waals surface area contributed by atoms with Gasteiger partial charge in [0.15, 0.2) is 0 Å². The maximum absolute atomic E-state index is 12.5. The Balaban J connectivity index is 0.00000484. The van der Waals surface area contributed by atoms with Gasteiger partial charge in [0.25, 0.3) is 0 Å². The maximum Gasteiger partial charge on any atom is 0.228 e. The van der Waals surface area contributed by atoms with Crippen molar-refractivity contribution >= 4 is 24.0 Å². The molecule has 0 heterocycles. The Hall–Kier alpha value is -1.46. The third-order valence-electron chi connectivity index (χ3n) is 3.54. The van der Waals surface area contributed by atoms with Crippen molar-refractivity contribution in [2.75, 3.05) is 32.2 Å². The van der Waals surface area contributed by atoms with E-state index in [1.165, 1.54) is 0 Å². The van der Waals surface area contributed by atoms with Gasteiger partial charge in [0, 0.05) is 19.5 Å². The molecule has 6 heteroatoms. The molecule has 23 heavy (non-hydrogen) atoms. The van der Waals surface area contributed by atoms with Crippen molar-refractivity contribution in [3.8, 4) is 11.5 Å². The highest BCUT2D eigenvalue weighted by molar-refractivity contribution is 5.97. The summed E-state index contributed by atoms with van der Waals surface area (Å²) in [6.07, 6.45) is 3.42. The predicted molar refractivity (Wildman–Crippen MR) is 97.1 cm³/mol. The minimum atomic E-state index is -0.000874. The normalized spacial score (nSPS) is 9.96. The number of hydrogen-bond donors (Lipinski definition) is 1. The zero-order chi connectivity index (χ0) is 16.5. The molecule has 0 spiro atoms. The van der Waals surface area contributed by atoms with E-state index in [0.29, 0.717) is 36.7 Å². The van der Waals surface area contributed by atoms with Crippen molar-refractivity contribution in [3.63, 3.8) is 0 Å². The second kappa shape index (κ2) is 11.1. The number of rotatable bonds is 9. The van der Waals surface area contributed by atoms with Gasteiger partial charge >= 0.3 is 0 Å². The Labute approximate surface area is 145 Å². The molecule has 0 unspecified atom stereocenters. The number of unbranched alkanes of at least 4 members (excludes halogenated alkanes) is 2. The molecule has 1 rings (SSSR count). The number of nitrogens with two attached hydrogens (primary N) is 1. The van der Waals surface area contributed by atoms with E-state index in [1.54, 1.807) is 19.1 Å². The Morgan fingerprint density at radius 1 is 1.17 bits per heavy atom. The van der Waals surface area contributed by atoms with Crippen LogP contribution in [-0.4, -0.2) is 33.2 Å². The van der Waals surface area contributed by atoms with Gasteiger partial charge in [0.05, 0.1) is 14.2 Å². The number of benzene rings is 1. The molecule has 0 aromatic heterocycles. The summed E-state index contributed by atoms with van der Waals surface area (Å²) >= 11 is 0. The van der Waals surface area contributed by atoms with Crippen LogP contribution in [0.5, 0.6) is 11.5 Å². The van der Waals surface area contributed by atoms with Crippen LogP contribution in [0.1, 0.15) is 38.2 Å². The number of ether oxygens (including phenoxy) is 2. The minimum absolute atomic E-state index is 0. The van der Waals surface area contributed by atoms with Crippen LogP contribution in [0.4, 0.5) is 5.69 Å². The standard InChI is InChI=1S/C17H28N2O3.ClH/c1-5-6-7-10-19(16(20)8-9-18)17-14(21-3)11-13(2)12-15(17)22-4;/h11-12H,5-10,18H2,1-4H3;1H. The molecule has 0 aliphatic rings. The van der Waals surface area contributed by atoms with E-state index >= 15 is 0 Å². The largest absolute Gasteiger partial charge is 0.494 e. The smallest absolute Gasteiger partial charge is 0.228 e. The Kier molecular flexibility index (Phi) is 10.4. The number of aryl methyl sites for hydroxylation is 1. The van der Waals surface area contributed by atoms with Crippen LogP contribution in [0.25, 0.3) is 0 Å². The summed E-state index contributed by atoms with van der Waals surface area (Å²) in [5.41, 5.74) is 7.28. The maximum atomic E-state index is 12.5. The van der Waals surface area contributed by atoms with Crippen molar-refractivity contribution in [2.24, 2.45) is 5.73 Å². The second-order valence-electron chi connectivity index (χ2n) is 5.31. The monoisotopic (exact) mass is 344 g/mol. The number of nitrogens with zero attached hydrogens (tertiary/aromatic N) is 1. The van der Waals surface area contributed by atoms with Gasteiger partial charge in [-0.05, 0) is 31.0 Å². The first-order valence-corrected chi connectivity index (χ1v) is 7.82. The van der Waals surface area contributed by atoms with Gasteiger partial charge in [-0.25, -0.2) is 0 Å². The average molecular weight is 345 g/mol. The van der Waals surface area contributed by atoms with E-state index in [9.17, 15) is 4.79 Å². The van der Waals surface area contributed by atoms with Crippen LogP contribution in [0.2, 0.25) is 0 Å². The van der Waals surface area contributed by atoms with Gasteiger partial charge in [-0.3, -0.25) is 4.79 Å². The third-order valence-corrected chi connectivity index (χ3v) is 3.54. The van der Waals surface area contributed by atoms with Crippen molar-refractivity contribution in [3.05, 3.63) is 17.7 Å². The van der Waals surface area contributed by atoms with E-state index in [0.717, 1.165) is 24.8 Å². The molecule has 0 radical (unpaired) electrons. The molecule has 132 valence electrons. The van der Waals surface area contributed by atoms with Gasteiger partial charge in [0.2, 0.25) is 5.91 Å². The summed E-state index contributed by atoms with van der Waals surface area (Å²) in [6.45, 7) is 5.08. The molecule has 0 aliphatic carbocycles. The van der Waals surface area contributed by atoms with Gasteiger partial charge < -0.3 is 20.1 Å². The molecule has 5 nitrogen and oxygen atoms in total. The first-order chi connectivity index (χ1) is 10.6. The number of carbonyl (C=O) groups is 1. The number of methoxy groups -OCH3 is 2. The lowest BCUT2D eigenvalue weighted by Gasteiger charge is -2.27. The molecule has 1 aromatic carbocycles. The molecule has 2 N–H and O–H groups in total. The highest BCUT2D eigenvalue weighted by atomic mass is 35.5. The fourth-order valence-electron chi connectivity index (χ4n) is 2.43. The van der Waals surface area contributed by atoms with Crippen LogP contribution in [0.3, 0.4) is 0 Å². The molecule has 0 saturated carbocycles. The quantitative estimate of drug-likeness (QED) is 0.698. The fraction of sp³-hybridized carbons (Fsp3) is 0.588. The fourth-order valence-corrected chi connectivity index (χ4v) is 2.43. The minimum Gasteiger partial charge on any atom is -0.494 e. The lowest BCUT2D eigenvalue weighted by molar-refractivity contribution is -0.118. The average Bonchev–Trinajstić information content (AvgIpc) is 2.51. The van der Waals surface area contributed by atoms with Gasteiger partial charge in [-0.1, -0.05) is 19.8 Å². The summed E-state index contributed by atoms with van der Waals surface area (Å²) in [7, 11) is 3.21. The lowest BCUT2D eigenvalue weighted by atomic mass is 10.1. The lowest BCUT2D eigenvalue weighted by Crippen LogP contribution is -2.34. The number of anilines is 1. The molecular formula is C17H29ClN2O3. The van der Waals surface area contributed by atoms with E-state index in [2.05, 4.69) is 6.92 Å². The van der Waals surface area contributed by atoms with E-state index in [-0.39, 0.29) is 18.3 Å². The number of amides is 1. The van der Waals surface area contributed by atoms with Crippen LogP contribution in [-0.2, 0) is 4.79 Å². The highest BCUT2D eigenvalue weighted by Gasteiger charge is 2.23. The molecule has 0 fully saturated rings. The molecule has 0 bridgehead atoms. The first kappa shape index (κ1) is 21.5. The molecule has 1 amide bonds. The van der Waals surface area contributed by atoms with Crippen LogP contribution >= 0.6 is 12.4 Å². The molecular weight excluding hydrogens is 316 g/mol. The first-order valence-electron chi connectivity index (χ1n) is 7.82. The molecule has 0 saturated heterocycles. The summed E-state index contributed by atoms with van der Waals surface area (Å²) < 4.78 is 11.0. The van der Waals surface area contributed by atoms with Crippen molar-refractivity contribution in [1.82, 2.24) is 0 Å². The summed E-state index contributed by atoms with van der Waals surface area (Å²) in [4.78, 5) is 14.2. The van der Waals surface area contributed by atoms with E-state index in [4.69, 9.17) is 15.2 Å². The van der Waals surface area contributed by atoms with Crippen LogP contribution in [0.15, 0.2) is 12.1 Å². The van der Waals surface area contributed by atoms with Crippen LogP contribution < -0.4 is 20.1 Å². The highest BCUT2D eigenvalue weighted by Crippen LogP contribution is 2.39. The van der Waals surface area contributed by atoms with Crippen molar-refractivity contribution in [2.45, 2.75) is 39.5 Å². The summed E-state index contributed by atoms with van der Waals surface area (Å²) in [6, 6.07) is 3.83. The molecule has 1 aromatic rings. The van der Waals surface area contributed by atoms with Gasteiger partial charge in [0.1, 0.15) is 17.2 Å². The topological polar surface area (TPSA) is 64.8 Å². The Morgan fingerprint density at radius 2 is 1.74 bits per heavy atom. The molecule has 0 aliphatic heterocycles. The SMILES string of the molecule is CCCCCN(C(=O)CCN)c1c(OC)cc(C)cc1OC.Cl. The Morgan fingerprint density at radius 3 is 2.17 bits per heavy atom. The van der Waals surface area contributed by atoms with E-state index in [1.807, 2.05) is 19.1 Å². The summed E-state index contributed by atoms with van der Waals surface area (Å²) in [5, 5.41) is 0. The number of halogens is 1. The van der Waals surface area contributed by atoms with Gasteiger partial charge in [-0.2, -0.15) is 0 Å². The molecule has 0 atom stereocenters. The third kappa shape index (κ3) is 5.92. The van der Waals surface area contributed by atoms with Crippen LogP contribution in [0, 0.1) is 6.92 Å². The van der Waals surface area contributed by atoms with E-state index < -0.39 is 0 Å². The zero-order valence-corrected chi connectivity index (χ0v) is 15.4. The Bertz CT molecular complexity index is 470. The van der Waals surface area contributed by atoms with Crippen molar-refractivity contribution < 1.29 is 14.3 Å². The van der Waals surface area contributed by atoms with Crippen molar-refractivity contribution in [1.29, 1.82) is 0 Å². The number of carbonyl (C=O) groups excluding carboxylic acids is 1.